The zero-order chi connectivity index (χ0) is 15.2. The van der Waals surface area contributed by atoms with Gasteiger partial charge < -0.3 is 10.4 Å². The molecule has 2 aromatic rings. The highest BCUT2D eigenvalue weighted by Gasteiger charge is 2.18. The van der Waals surface area contributed by atoms with Gasteiger partial charge in [0, 0.05) is 17.6 Å². The second-order valence-electron chi connectivity index (χ2n) is 4.52. The van der Waals surface area contributed by atoms with Gasteiger partial charge in [-0.15, -0.1) is 0 Å². The smallest absolute Gasteiger partial charge is 0.326 e. The molecule has 1 aromatic carbocycles. The molecule has 1 aromatic heterocycles. The first-order valence-electron chi connectivity index (χ1n) is 6.46. The van der Waals surface area contributed by atoms with Crippen molar-refractivity contribution in [2.45, 2.75) is 13.3 Å². The molecule has 0 unspecified atom stereocenters. The van der Waals surface area contributed by atoms with Gasteiger partial charge in [-0.2, -0.15) is 11.3 Å². The SMILES string of the molecule is Cc1ccccc1N(CCC(=O)O)C(=O)Nc1ccsc1. The Balaban J connectivity index is 2.21. The Morgan fingerprint density at radius 3 is 2.67 bits per heavy atom. The number of carboxylic acids is 1. The summed E-state index contributed by atoms with van der Waals surface area (Å²) in [4.78, 5) is 24.7. The van der Waals surface area contributed by atoms with E-state index in [2.05, 4.69) is 5.32 Å². The number of nitrogens with zero attached hydrogens (tertiary/aromatic N) is 1. The number of hydrogen-bond donors (Lipinski definition) is 2. The number of aryl methyl sites for hydroxylation is 1. The maximum atomic E-state index is 12.4. The summed E-state index contributed by atoms with van der Waals surface area (Å²) >= 11 is 1.48. The molecule has 0 spiro atoms. The van der Waals surface area contributed by atoms with E-state index in [1.165, 1.54) is 16.2 Å². The Morgan fingerprint density at radius 1 is 1.29 bits per heavy atom. The second kappa shape index (κ2) is 6.90. The number of anilines is 2. The molecule has 0 saturated carbocycles. The summed E-state index contributed by atoms with van der Waals surface area (Å²) in [5.74, 6) is -0.933. The summed E-state index contributed by atoms with van der Waals surface area (Å²) in [5, 5.41) is 15.3. The number of hydrogen-bond acceptors (Lipinski definition) is 3. The predicted molar refractivity (Wildman–Crippen MR) is 84.1 cm³/mol. The summed E-state index contributed by atoms with van der Waals surface area (Å²) in [5.41, 5.74) is 2.34. The molecule has 21 heavy (non-hydrogen) atoms. The third-order valence-corrected chi connectivity index (χ3v) is 3.66. The molecule has 0 fully saturated rings. The van der Waals surface area contributed by atoms with Crippen LogP contribution >= 0.6 is 11.3 Å². The molecule has 0 aliphatic carbocycles. The fourth-order valence-electron chi connectivity index (χ4n) is 1.93. The lowest BCUT2D eigenvalue weighted by molar-refractivity contribution is -0.136. The minimum Gasteiger partial charge on any atom is -0.481 e. The second-order valence-corrected chi connectivity index (χ2v) is 5.30. The highest BCUT2D eigenvalue weighted by atomic mass is 32.1. The normalized spacial score (nSPS) is 10.1. The average Bonchev–Trinajstić information content (AvgIpc) is 2.93. The van der Waals surface area contributed by atoms with Gasteiger partial charge in [-0.05, 0) is 30.0 Å². The number of para-hydroxylation sites is 1. The van der Waals surface area contributed by atoms with Crippen molar-refractivity contribution in [3.63, 3.8) is 0 Å². The van der Waals surface area contributed by atoms with Crippen LogP contribution in [0.2, 0.25) is 0 Å². The molecule has 6 heteroatoms. The molecule has 0 saturated heterocycles. The molecular formula is C15H16N2O3S. The fraction of sp³-hybridized carbons (Fsp3) is 0.200. The number of rotatable bonds is 5. The number of thiophene rings is 1. The van der Waals surface area contributed by atoms with E-state index in [-0.39, 0.29) is 19.0 Å². The quantitative estimate of drug-likeness (QED) is 0.887. The van der Waals surface area contributed by atoms with Crippen molar-refractivity contribution in [1.29, 1.82) is 0 Å². The van der Waals surface area contributed by atoms with Gasteiger partial charge in [0.1, 0.15) is 0 Å². The van der Waals surface area contributed by atoms with Crippen molar-refractivity contribution >= 4 is 34.7 Å². The van der Waals surface area contributed by atoms with Gasteiger partial charge in [0.05, 0.1) is 12.1 Å². The Morgan fingerprint density at radius 2 is 2.05 bits per heavy atom. The first-order chi connectivity index (χ1) is 10.1. The summed E-state index contributed by atoms with van der Waals surface area (Å²) in [7, 11) is 0. The van der Waals surface area contributed by atoms with E-state index in [9.17, 15) is 9.59 Å². The van der Waals surface area contributed by atoms with Crippen LogP contribution in [0.4, 0.5) is 16.2 Å². The molecule has 1 heterocycles. The molecule has 5 nitrogen and oxygen atoms in total. The van der Waals surface area contributed by atoms with E-state index in [0.29, 0.717) is 11.4 Å². The van der Waals surface area contributed by atoms with Crippen LogP contribution in [0.25, 0.3) is 0 Å². The van der Waals surface area contributed by atoms with Gasteiger partial charge in [-0.25, -0.2) is 4.79 Å². The molecule has 0 radical (unpaired) electrons. The average molecular weight is 304 g/mol. The number of amides is 2. The first-order valence-corrected chi connectivity index (χ1v) is 7.40. The van der Waals surface area contributed by atoms with E-state index in [1.807, 2.05) is 41.9 Å². The number of benzene rings is 1. The van der Waals surface area contributed by atoms with Crippen molar-refractivity contribution in [1.82, 2.24) is 0 Å². The minimum absolute atomic E-state index is 0.106. The molecule has 0 aliphatic heterocycles. The topological polar surface area (TPSA) is 69.6 Å². The molecular weight excluding hydrogens is 288 g/mol. The third-order valence-electron chi connectivity index (χ3n) is 2.97. The van der Waals surface area contributed by atoms with Gasteiger partial charge in [0.25, 0.3) is 0 Å². The van der Waals surface area contributed by atoms with Crippen LogP contribution in [-0.4, -0.2) is 23.7 Å². The summed E-state index contributed by atoms with van der Waals surface area (Å²) < 4.78 is 0. The van der Waals surface area contributed by atoms with E-state index >= 15 is 0 Å². The molecule has 2 rings (SSSR count). The van der Waals surface area contributed by atoms with Crippen LogP contribution in [0.5, 0.6) is 0 Å². The van der Waals surface area contributed by atoms with Gasteiger partial charge in [0.2, 0.25) is 0 Å². The molecule has 2 amide bonds. The maximum absolute atomic E-state index is 12.4. The zero-order valence-electron chi connectivity index (χ0n) is 11.6. The summed E-state index contributed by atoms with van der Waals surface area (Å²) in [6, 6.07) is 8.88. The number of nitrogens with one attached hydrogen (secondary N) is 1. The van der Waals surface area contributed by atoms with E-state index in [4.69, 9.17) is 5.11 Å². The Hall–Kier alpha value is -2.34. The number of urea groups is 1. The number of carbonyl (C=O) groups is 2. The van der Waals surface area contributed by atoms with Crippen LogP contribution in [-0.2, 0) is 4.79 Å². The zero-order valence-corrected chi connectivity index (χ0v) is 12.4. The lowest BCUT2D eigenvalue weighted by Crippen LogP contribution is -2.37. The highest BCUT2D eigenvalue weighted by Crippen LogP contribution is 2.21. The van der Waals surface area contributed by atoms with Crippen molar-refractivity contribution in [3.05, 3.63) is 46.7 Å². The van der Waals surface area contributed by atoms with Crippen LogP contribution in [0.1, 0.15) is 12.0 Å². The Kier molecular flexibility index (Phi) is 4.94. The predicted octanol–water partition coefficient (Wildman–Crippen LogP) is 3.57. The Bertz CT molecular complexity index is 626. The summed E-state index contributed by atoms with van der Waals surface area (Å²) in [6.45, 7) is 2.01. The number of carbonyl (C=O) groups excluding carboxylic acids is 1. The highest BCUT2D eigenvalue weighted by molar-refractivity contribution is 7.08. The van der Waals surface area contributed by atoms with E-state index in [1.54, 1.807) is 6.07 Å². The molecule has 0 bridgehead atoms. The monoisotopic (exact) mass is 304 g/mol. The van der Waals surface area contributed by atoms with Crippen molar-refractivity contribution < 1.29 is 14.7 Å². The molecule has 0 aliphatic rings. The molecule has 110 valence electrons. The van der Waals surface area contributed by atoms with Gasteiger partial charge in [-0.1, -0.05) is 18.2 Å². The summed E-state index contributed by atoms with van der Waals surface area (Å²) in [6.07, 6.45) is -0.106. The minimum atomic E-state index is -0.933. The van der Waals surface area contributed by atoms with Crippen LogP contribution in [0.15, 0.2) is 41.1 Å². The molecule has 2 N–H and O–H groups in total. The van der Waals surface area contributed by atoms with E-state index in [0.717, 1.165) is 5.56 Å². The Labute approximate surface area is 126 Å². The maximum Gasteiger partial charge on any atom is 0.326 e. The lowest BCUT2D eigenvalue weighted by atomic mass is 10.2. The van der Waals surface area contributed by atoms with Crippen LogP contribution < -0.4 is 10.2 Å². The van der Waals surface area contributed by atoms with Crippen LogP contribution in [0.3, 0.4) is 0 Å². The molecule has 0 atom stereocenters. The standard InChI is InChI=1S/C15H16N2O3S/c1-11-4-2-3-5-13(11)17(8-6-14(18)19)15(20)16-12-7-9-21-10-12/h2-5,7,9-10H,6,8H2,1H3,(H,16,20)(H,18,19). The van der Waals surface area contributed by atoms with Crippen LogP contribution in [0, 0.1) is 6.92 Å². The van der Waals surface area contributed by atoms with E-state index < -0.39 is 5.97 Å². The van der Waals surface area contributed by atoms with Gasteiger partial charge in [0.15, 0.2) is 0 Å². The van der Waals surface area contributed by atoms with Crippen molar-refractivity contribution in [2.75, 3.05) is 16.8 Å². The largest absolute Gasteiger partial charge is 0.481 e. The lowest BCUT2D eigenvalue weighted by Gasteiger charge is -2.24. The first kappa shape index (κ1) is 15.1. The van der Waals surface area contributed by atoms with Crippen molar-refractivity contribution in [2.24, 2.45) is 0 Å². The fourth-order valence-corrected chi connectivity index (χ4v) is 2.52. The number of carboxylic acid groups (broad SMARTS) is 1. The van der Waals surface area contributed by atoms with Crippen molar-refractivity contribution in [3.8, 4) is 0 Å². The van der Waals surface area contributed by atoms with Gasteiger partial charge in [-0.3, -0.25) is 9.69 Å². The number of aliphatic carboxylic acids is 1. The van der Waals surface area contributed by atoms with Gasteiger partial charge >= 0.3 is 12.0 Å². The third kappa shape index (κ3) is 4.06.